The summed E-state index contributed by atoms with van der Waals surface area (Å²) in [7, 11) is 0. The van der Waals surface area contributed by atoms with Gasteiger partial charge in [-0.05, 0) is 13.0 Å². The lowest BCUT2D eigenvalue weighted by Gasteiger charge is -1.99. The van der Waals surface area contributed by atoms with E-state index in [1.807, 2.05) is 13.8 Å². The number of hydrogen-bond donors (Lipinski definition) is 1. The molecular weight excluding hydrogens is 182 g/mol. The highest BCUT2D eigenvalue weighted by Crippen LogP contribution is 2.01. The molecule has 1 aromatic heterocycles. The highest BCUT2D eigenvalue weighted by Gasteiger charge is 2.07. The quantitative estimate of drug-likeness (QED) is 0.722. The molecule has 14 heavy (non-hydrogen) atoms. The number of nitrogens with two attached hydrogens (primary N) is 1. The number of carbonyl (C=O) groups excluding carboxylic acids is 1. The topological polar surface area (TPSA) is 78.1 Å². The van der Waals surface area contributed by atoms with Gasteiger partial charge in [0.15, 0.2) is 5.69 Å². The van der Waals surface area contributed by atoms with Crippen LogP contribution in [-0.4, -0.2) is 22.8 Å². The summed E-state index contributed by atoms with van der Waals surface area (Å²) >= 11 is 0. The fraction of sp³-hybridized carbons (Fsp3) is 0.444. The average molecular weight is 197 g/mol. The molecule has 1 heterocycles. The zero-order valence-corrected chi connectivity index (χ0v) is 8.65. The molecular formula is C9H15N3O2. The molecule has 0 saturated heterocycles. The summed E-state index contributed by atoms with van der Waals surface area (Å²) in [6.45, 7) is 6.03. The van der Waals surface area contributed by atoms with Crippen LogP contribution in [0.5, 0.6) is 0 Å². The van der Waals surface area contributed by atoms with Crippen LogP contribution >= 0.6 is 0 Å². The summed E-state index contributed by atoms with van der Waals surface area (Å²) in [5.74, 6) is -0.502. The molecule has 0 aliphatic rings. The Morgan fingerprint density at radius 1 is 1.57 bits per heavy atom. The summed E-state index contributed by atoms with van der Waals surface area (Å²) < 4.78 is 4.69. The zero-order valence-electron chi connectivity index (χ0n) is 8.65. The number of rotatable bonds is 2. The molecule has 0 radical (unpaired) electrons. The fourth-order valence-corrected chi connectivity index (χ4v) is 0.687. The predicted octanol–water partition coefficient (Wildman–Crippen LogP) is 1.26. The summed E-state index contributed by atoms with van der Waals surface area (Å²) in [6, 6.07) is 1.42. The molecule has 0 aliphatic heterocycles. The van der Waals surface area contributed by atoms with Gasteiger partial charge in [0.25, 0.3) is 0 Å². The van der Waals surface area contributed by atoms with Crippen LogP contribution in [0, 0.1) is 0 Å². The second kappa shape index (κ2) is 6.82. The minimum Gasteiger partial charge on any atom is -0.461 e. The first-order valence-corrected chi connectivity index (χ1v) is 4.49. The van der Waals surface area contributed by atoms with Crippen molar-refractivity contribution in [1.29, 1.82) is 0 Å². The van der Waals surface area contributed by atoms with Crippen molar-refractivity contribution in [2.45, 2.75) is 20.8 Å². The normalized spacial score (nSPS) is 8.50. The third-order valence-corrected chi connectivity index (χ3v) is 1.16. The van der Waals surface area contributed by atoms with Crippen LogP contribution < -0.4 is 5.73 Å². The Morgan fingerprint density at radius 3 is 2.71 bits per heavy atom. The molecule has 0 amide bonds. The van der Waals surface area contributed by atoms with Crippen LogP contribution in [0.4, 0.5) is 5.69 Å². The Kier molecular flexibility index (Phi) is 6.02. The maximum Gasteiger partial charge on any atom is 0.358 e. The average Bonchev–Trinajstić information content (AvgIpc) is 2.21. The van der Waals surface area contributed by atoms with Crippen LogP contribution in [0.2, 0.25) is 0 Å². The first kappa shape index (κ1) is 12.3. The molecule has 2 N–H and O–H groups in total. The van der Waals surface area contributed by atoms with E-state index in [9.17, 15) is 4.79 Å². The Balaban J connectivity index is 0.000000791. The van der Waals surface area contributed by atoms with Gasteiger partial charge < -0.3 is 10.5 Å². The van der Waals surface area contributed by atoms with E-state index >= 15 is 0 Å². The van der Waals surface area contributed by atoms with E-state index in [0.29, 0.717) is 12.3 Å². The van der Waals surface area contributed by atoms with Crippen LogP contribution in [0.1, 0.15) is 31.3 Å². The molecule has 0 aromatic carbocycles. The number of hydrogen-bond acceptors (Lipinski definition) is 5. The first-order chi connectivity index (χ1) is 6.74. The van der Waals surface area contributed by atoms with Crippen molar-refractivity contribution in [1.82, 2.24) is 10.2 Å². The van der Waals surface area contributed by atoms with E-state index in [2.05, 4.69) is 14.9 Å². The highest BCUT2D eigenvalue weighted by molar-refractivity contribution is 5.87. The number of nitrogen functional groups attached to an aromatic ring is 1. The Morgan fingerprint density at radius 2 is 2.21 bits per heavy atom. The summed E-state index contributed by atoms with van der Waals surface area (Å²) in [4.78, 5) is 11.0. The molecule has 5 heteroatoms. The maximum atomic E-state index is 11.0. The van der Waals surface area contributed by atoms with Crippen molar-refractivity contribution >= 4 is 11.7 Å². The third-order valence-electron chi connectivity index (χ3n) is 1.16. The number of anilines is 1. The van der Waals surface area contributed by atoms with Crippen molar-refractivity contribution in [3.63, 3.8) is 0 Å². The smallest absolute Gasteiger partial charge is 0.358 e. The molecule has 0 unspecified atom stereocenters. The SMILES string of the molecule is CC.CCOC(=O)c1cc(N)cnn1. The number of nitrogens with zero attached hydrogens (tertiary/aromatic N) is 2. The summed E-state index contributed by atoms with van der Waals surface area (Å²) in [5.41, 5.74) is 5.91. The fourth-order valence-electron chi connectivity index (χ4n) is 0.687. The van der Waals surface area contributed by atoms with Gasteiger partial charge in [0.2, 0.25) is 0 Å². The lowest BCUT2D eigenvalue weighted by molar-refractivity contribution is 0.0518. The molecule has 0 atom stereocenters. The van der Waals surface area contributed by atoms with Crippen molar-refractivity contribution in [2.24, 2.45) is 0 Å². The largest absolute Gasteiger partial charge is 0.461 e. The van der Waals surface area contributed by atoms with Gasteiger partial charge in [-0.2, -0.15) is 5.10 Å². The van der Waals surface area contributed by atoms with Gasteiger partial charge in [0, 0.05) is 0 Å². The Hall–Kier alpha value is -1.65. The van der Waals surface area contributed by atoms with E-state index in [1.165, 1.54) is 12.3 Å². The number of aromatic nitrogens is 2. The van der Waals surface area contributed by atoms with Crippen molar-refractivity contribution in [3.05, 3.63) is 18.0 Å². The molecule has 1 rings (SSSR count). The molecule has 0 bridgehead atoms. The first-order valence-electron chi connectivity index (χ1n) is 4.49. The van der Waals surface area contributed by atoms with Gasteiger partial charge >= 0.3 is 5.97 Å². The Labute approximate surface area is 83.3 Å². The van der Waals surface area contributed by atoms with Crippen LogP contribution in [0.15, 0.2) is 12.3 Å². The molecule has 0 saturated carbocycles. The molecule has 0 spiro atoms. The van der Waals surface area contributed by atoms with E-state index in [-0.39, 0.29) is 5.69 Å². The lowest BCUT2D eigenvalue weighted by Crippen LogP contribution is -2.08. The molecule has 0 aliphatic carbocycles. The lowest BCUT2D eigenvalue weighted by atomic mass is 10.3. The van der Waals surface area contributed by atoms with Gasteiger partial charge in [-0.1, -0.05) is 13.8 Å². The molecule has 0 fully saturated rings. The van der Waals surface area contributed by atoms with Gasteiger partial charge in [-0.25, -0.2) is 4.79 Å². The number of esters is 1. The maximum absolute atomic E-state index is 11.0. The van der Waals surface area contributed by atoms with E-state index in [1.54, 1.807) is 6.92 Å². The zero-order chi connectivity index (χ0) is 11.0. The van der Waals surface area contributed by atoms with Crippen molar-refractivity contribution in [3.8, 4) is 0 Å². The number of carbonyl (C=O) groups is 1. The van der Waals surface area contributed by atoms with Crippen LogP contribution in [0.25, 0.3) is 0 Å². The van der Waals surface area contributed by atoms with E-state index in [4.69, 9.17) is 5.73 Å². The Bertz CT molecular complexity index is 289. The van der Waals surface area contributed by atoms with Gasteiger partial charge in [0.05, 0.1) is 18.5 Å². The predicted molar refractivity (Wildman–Crippen MR) is 53.7 cm³/mol. The van der Waals surface area contributed by atoms with Crippen molar-refractivity contribution in [2.75, 3.05) is 12.3 Å². The highest BCUT2D eigenvalue weighted by atomic mass is 16.5. The van der Waals surface area contributed by atoms with Crippen LogP contribution in [-0.2, 0) is 4.74 Å². The molecule has 1 aromatic rings. The summed E-state index contributed by atoms with van der Waals surface area (Å²) in [6.07, 6.45) is 1.36. The second-order valence-corrected chi connectivity index (χ2v) is 2.09. The monoisotopic (exact) mass is 197 g/mol. The van der Waals surface area contributed by atoms with Gasteiger partial charge in [-0.3, -0.25) is 0 Å². The van der Waals surface area contributed by atoms with E-state index in [0.717, 1.165) is 0 Å². The third kappa shape index (κ3) is 3.84. The van der Waals surface area contributed by atoms with Crippen molar-refractivity contribution < 1.29 is 9.53 Å². The van der Waals surface area contributed by atoms with Crippen LogP contribution in [0.3, 0.4) is 0 Å². The minimum absolute atomic E-state index is 0.136. The standard InChI is InChI=1S/C7H9N3O2.C2H6/c1-2-12-7(11)6-3-5(8)4-9-10-6;1-2/h3-4H,2H2,1H3,(H2,8,10);1-2H3. The molecule has 5 nitrogen and oxygen atoms in total. The summed E-state index contributed by atoms with van der Waals surface area (Å²) in [5, 5.41) is 7.07. The van der Waals surface area contributed by atoms with E-state index < -0.39 is 5.97 Å². The minimum atomic E-state index is -0.502. The number of ether oxygens (including phenoxy) is 1. The van der Waals surface area contributed by atoms with Gasteiger partial charge in [-0.15, -0.1) is 5.10 Å². The van der Waals surface area contributed by atoms with Gasteiger partial charge in [0.1, 0.15) is 0 Å². The molecule has 78 valence electrons. The second-order valence-electron chi connectivity index (χ2n) is 2.09.